The van der Waals surface area contributed by atoms with Gasteiger partial charge in [-0.05, 0) is 69.0 Å². The van der Waals surface area contributed by atoms with Crippen molar-refractivity contribution in [3.8, 4) is 5.75 Å². The number of ether oxygens (including phenoxy) is 1. The number of amides is 2. The molecular weight excluding hydrogens is 410 g/mol. The molecular formula is C24H25N3O3S. The van der Waals surface area contributed by atoms with Gasteiger partial charge in [-0.15, -0.1) is 11.3 Å². The molecule has 0 fully saturated rings. The molecule has 7 heteroatoms. The van der Waals surface area contributed by atoms with Gasteiger partial charge in [0.2, 0.25) is 5.91 Å². The molecule has 6 nitrogen and oxygen atoms in total. The number of rotatable bonds is 5. The molecule has 2 N–H and O–H groups in total. The number of nitrogens with one attached hydrogen (secondary N) is 2. The van der Waals surface area contributed by atoms with Gasteiger partial charge in [0.1, 0.15) is 5.75 Å². The van der Waals surface area contributed by atoms with Gasteiger partial charge in [-0.25, -0.2) is 4.98 Å². The maximum atomic E-state index is 13.0. The molecule has 0 radical (unpaired) electrons. The largest absolute Gasteiger partial charge is 0.497 e. The molecule has 0 spiro atoms. The maximum Gasteiger partial charge on any atom is 0.257 e. The zero-order chi connectivity index (χ0) is 22.1. The Labute approximate surface area is 185 Å². The van der Waals surface area contributed by atoms with Gasteiger partial charge in [-0.1, -0.05) is 17.7 Å². The molecule has 1 unspecified atom stereocenters. The van der Waals surface area contributed by atoms with Gasteiger partial charge in [0, 0.05) is 16.1 Å². The van der Waals surface area contributed by atoms with E-state index in [0.29, 0.717) is 16.4 Å². The first-order valence-electron chi connectivity index (χ1n) is 10.2. The van der Waals surface area contributed by atoms with Crippen LogP contribution >= 0.6 is 11.3 Å². The summed E-state index contributed by atoms with van der Waals surface area (Å²) in [6, 6.07) is 11.0. The van der Waals surface area contributed by atoms with Crippen LogP contribution in [0.1, 0.15) is 50.0 Å². The Morgan fingerprint density at radius 1 is 1.06 bits per heavy atom. The molecule has 1 aliphatic carbocycles. The van der Waals surface area contributed by atoms with Gasteiger partial charge in [-0.2, -0.15) is 0 Å². The standard InChI is InChI=1S/C24H25N3O3S/c1-13-11-14(2)20(15(3)12-13)25-23(29)18-9-10-19-21(18)26-24(31-19)27-22(28)16-5-7-17(30-4)8-6-16/h5-8,11-12,18H,9-10H2,1-4H3,(H,25,29)(H,26,27,28). The number of carbonyl (C=O) groups is 2. The number of aryl methyl sites for hydroxylation is 4. The topological polar surface area (TPSA) is 80.3 Å². The van der Waals surface area contributed by atoms with Crippen molar-refractivity contribution in [2.24, 2.45) is 0 Å². The lowest BCUT2D eigenvalue weighted by Gasteiger charge is -2.15. The van der Waals surface area contributed by atoms with E-state index in [1.165, 1.54) is 16.9 Å². The van der Waals surface area contributed by atoms with Crippen molar-refractivity contribution in [2.45, 2.75) is 39.5 Å². The number of nitrogens with zero attached hydrogens (tertiary/aromatic N) is 1. The minimum absolute atomic E-state index is 0.0490. The fourth-order valence-electron chi connectivity index (χ4n) is 4.03. The van der Waals surface area contributed by atoms with Crippen LogP contribution in [0.5, 0.6) is 5.75 Å². The van der Waals surface area contributed by atoms with Crippen LogP contribution in [0.3, 0.4) is 0 Å². The van der Waals surface area contributed by atoms with Crippen LogP contribution < -0.4 is 15.4 Å². The Kier molecular flexibility index (Phi) is 5.78. The summed E-state index contributed by atoms with van der Waals surface area (Å²) in [6.07, 6.45) is 1.52. The van der Waals surface area contributed by atoms with Crippen LogP contribution in [0.25, 0.3) is 0 Å². The molecule has 0 saturated heterocycles. The average Bonchev–Trinajstić information content (AvgIpc) is 3.30. The van der Waals surface area contributed by atoms with Gasteiger partial charge in [-0.3, -0.25) is 14.9 Å². The molecule has 4 rings (SSSR count). The van der Waals surface area contributed by atoms with E-state index in [1.807, 2.05) is 20.8 Å². The summed E-state index contributed by atoms with van der Waals surface area (Å²) in [4.78, 5) is 31.2. The fraction of sp³-hybridized carbons (Fsp3) is 0.292. The second-order valence-corrected chi connectivity index (χ2v) is 8.95. The quantitative estimate of drug-likeness (QED) is 0.591. The highest BCUT2D eigenvalue weighted by molar-refractivity contribution is 7.16. The third kappa shape index (κ3) is 4.32. The number of anilines is 2. The summed E-state index contributed by atoms with van der Waals surface area (Å²) in [7, 11) is 1.58. The Morgan fingerprint density at radius 2 is 1.74 bits per heavy atom. The number of hydrogen-bond donors (Lipinski definition) is 2. The number of hydrogen-bond acceptors (Lipinski definition) is 5. The maximum absolute atomic E-state index is 13.0. The van der Waals surface area contributed by atoms with E-state index in [-0.39, 0.29) is 17.7 Å². The molecule has 1 aromatic heterocycles. The van der Waals surface area contributed by atoms with Crippen LogP contribution in [0, 0.1) is 20.8 Å². The van der Waals surface area contributed by atoms with E-state index in [4.69, 9.17) is 4.74 Å². The van der Waals surface area contributed by atoms with E-state index in [1.54, 1.807) is 31.4 Å². The number of aromatic nitrogens is 1. The van der Waals surface area contributed by atoms with E-state index in [2.05, 4.69) is 27.8 Å². The van der Waals surface area contributed by atoms with Crippen molar-refractivity contribution < 1.29 is 14.3 Å². The van der Waals surface area contributed by atoms with Crippen molar-refractivity contribution in [2.75, 3.05) is 17.7 Å². The highest BCUT2D eigenvalue weighted by Gasteiger charge is 2.33. The predicted molar refractivity (Wildman–Crippen MR) is 123 cm³/mol. The van der Waals surface area contributed by atoms with Gasteiger partial charge >= 0.3 is 0 Å². The second kappa shape index (κ2) is 8.51. The highest BCUT2D eigenvalue weighted by atomic mass is 32.1. The lowest BCUT2D eigenvalue weighted by molar-refractivity contribution is -0.117. The number of thiazole rings is 1. The molecule has 1 atom stereocenters. The summed E-state index contributed by atoms with van der Waals surface area (Å²) >= 11 is 1.44. The zero-order valence-electron chi connectivity index (χ0n) is 18.0. The molecule has 31 heavy (non-hydrogen) atoms. The average molecular weight is 436 g/mol. The van der Waals surface area contributed by atoms with Crippen LogP contribution in [0.4, 0.5) is 10.8 Å². The third-order valence-corrected chi connectivity index (χ3v) is 6.58. The van der Waals surface area contributed by atoms with Crippen molar-refractivity contribution >= 4 is 34.0 Å². The van der Waals surface area contributed by atoms with E-state index in [0.717, 1.165) is 40.2 Å². The Morgan fingerprint density at radius 3 is 2.39 bits per heavy atom. The van der Waals surface area contributed by atoms with Gasteiger partial charge in [0.05, 0.1) is 18.7 Å². The lowest BCUT2D eigenvalue weighted by atomic mass is 10.0. The molecule has 2 aromatic carbocycles. The van der Waals surface area contributed by atoms with Crippen LogP contribution in [0.2, 0.25) is 0 Å². The van der Waals surface area contributed by atoms with Crippen molar-refractivity contribution in [3.05, 3.63) is 69.2 Å². The lowest BCUT2D eigenvalue weighted by Crippen LogP contribution is -2.21. The first kappa shape index (κ1) is 21.1. The normalized spacial score (nSPS) is 14.8. The molecule has 2 amide bonds. The Bertz CT molecular complexity index is 1130. The molecule has 1 heterocycles. The van der Waals surface area contributed by atoms with E-state index >= 15 is 0 Å². The van der Waals surface area contributed by atoms with Crippen LogP contribution in [0.15, 0.2) is 36.4 Å². The van der Waals surface area contributed by atoms with Gasteiger partial charge in [0.15, 0.2) is 5.13 Å². The van der Waals surface area contributed by atoms with E-state index in [9.17, 15) is 9.59 Å². The minimum Gasteiger partial charge on any atom is -0.497 e. The summed E-state index contributed by atoms with van der Waals surface area (Å²) in [5.41, 5.74) is 5.44. The first-order chi connectivity index (χ1) is 14.9. The summed E-state index contributed by atoms with van der Waals surface area (Å²) in [5, 5.41) is 6.48. The molecule has 1 aliphatic rings. The Balaban J connectivity index is 1.48. The molecule has 0 aliphatic heterocycles. The number of carbonyl (C=O) groups excluding carboxylic acids is 2. The molecule has 0 bridgehead atoms. The minimum atomic E-state index is -0.307. The summed E-state index contributed by atoms with van der Waals surface area (Å²) < 4.78 is 5.13. The first-order valence-corrected chi connectivity index (χ1v) is 11.0. The smallest absolute Gasteiger partial charge is 0.257 e. The Hall–Kier alpha value is -3.19. The molecule has 0 saturated carbocycles. The third-order valence-electron chi connectivity index (χ3n) is 5.53. The molecule has 3 aromatic rings. The van der Waals surface area contributed by atoms with Crippen molar-refractivity contribution in [1.82, 2.24) is 4.98 Å². The summed E-state index contributed by atoms with van der Waals surface area (Å²) in [5.74, 6) is 0.102. The monoisotopic (exact) mass is 435 g/mol. The van der Waals surface area contributed by atoms with Crippen molar-refractivity contribution in [3.63, 3.8) is 0 Å². The fourth-order valence-corrected chi connectivity index (χ4v) is 5.07. The predicted octanol–water partition coefficient (Wildman–Crippen LogP) is 5.00. The van der Waals surface area contributed by atoms with Gasteiger partial charge < -0.3 is 10.1 Å². The van der Waals surface area contributed by atoms with Crippen LogP contribution in [-0.4, -0.2) is 23.9 Å². The highest BCUT2D eigenvalue weighted by Crippen LogP contribution is 2.39. The molecule has 160 valence electrons. The second-order valence-electron chi connectivity index (χ2n) is 7.86. The van der Waals surface area contributed by atoms with E-state index < -0.39 is 0 Å². The van der Waals surface area contributed by atoms with Crippen molar-refractivity contribution in [1.29, 1.82) is 0 Å². The SMILES string of the molecule is COc1ccc(C(=O)Nc2nc3c(s2)CCC3C(=O)Nc2c(C)cc(C)cc2C)cc1. The number of fused-ring (bicyclic) bond motifs is 1. The van der Waals surface area contributed by atoms with Gasteiger partial charge in [0.25, 0.3) is 5.91 Å². The van der Waals surface area contributed by atoms with Crippen LogP contribution in [-0.2, 0) is 11.2 Å². The number of benzene rings is 2. The number of methoxy groups -OCH3 is 1. The zero-order valence-corrected chi connectivity index (χ0v) is 18.9. The summed E-state index contributed by atoms with van der Waals surface area (Å²) in [6.45, 7) is 6.06.